The van der Waals surface area contributed by atoms with E-state index >= 15 is 0 Å². The standard InChI is InChI=1S/C42H54N2O2/c1-5-7-9-11-13-21-29-43-31(3)39(34-24-16-19-27-37(34)43)42(36-26-18-15-23-33(36)41(45)46-42)40-32(4)44(30-22-14-12-10-8-6-2)38-28-20-17-25-35(38)40/h15-20,23-28,31,39H,5-14,21-22,29-30H2,1-4H3. The van der Waals surface area contributed by atoms with Crippen LogP contribution in [0.25, 0.3) is 10.9 Å². The van der Waals surface area contributed by atoms with Gasteiger partial charge in [0.05, 0.1) is 11.5 Å². The zero-order valence-electron chi connectivity index (χ0n) is 28.7. The second kappa shape index (κ2) is 14.5. The van der Waals surface area contributed by atoms with E-state index in [1.54, 1.807) is 0 Å². The minimum atomic E-state index is -0.921. The van der Waals surface area contributed by atoms with E-state index in [4.69, 9.17) is 4.74 Å². The second-order valence-corrected chi connectivity index (χ2v) is 13.8. The molecule has 0 saturated heterocycles. The average molecular weight is 619 g/mol. The number of anilines is 1. The summed E-state index contributed by atoms with van der Waals surface area (Å²) in [6.07, 6.45) is 15.2. The van der Waals surface area contributed by atoms with Gasteiger partial charge in [-0.2, -0.15) is 0 Å². The van der Waals surface area contributed by atoms with E-state index in [0.29, 0.717) is 5.56 Å². The number of carbonyl (C=O) groups excluding carboxylic acids is 1. The summed E-state index contributed by atoms with van der Waals surface area (Å²) in [6, 6.07) is 26.1. The molecule has 0 bridgehead atoms. The van der Waals surface area contributed by atoms with Gasteiger partial charge >= 0.3 is 5.97 Å². The number of aryl methyl sites for hydroxylation is 1. The maximum Gasteiger partial charge on any atom is 0.339 e. The molecule has 2 aliphatic rings. The van der Waals surface area contributed by atoms with Crippen LogP contribution < -0.4 is 4.90 Å². The minimum Gasteiger partial charge on any atom is -0.445 e. The molecule has 4 nitrogen and oxygen atoms in total. The van der Waals surface area contributed by atoms with Crippen LogP contribution in [0.1, 0.15) is 136 Å². The number of hydrogen-bond donors (Lipinski definition) is 0. The lowest BCUT2D eigenvalue weighted by Gasteiger charge is -2.39. The van der Waals surface area contributed by atoms with Gasteiger partial charge in [0.25, 0.3) is 0 Å². The molecule has 1 aromatic heterocycles. The van der Waals surface area contributed by atoms with Gasteiger partial charge in [-0.25, -0.2) is 4.79 Å². The van der Waals surface area contributed by atoms with Crippen LogP contribution in [0.15, 0.2) is 72.8 Å². The number of para-hydroxylation sites is 2. The topological polar surface area (TPSA) is 34.5 Å². The van der Waals surface area contributed by atoms with Gasteiger partial charge in [-0.15, -0.1) is 0 Å². The number of benzene rings is 3. The van der Waals surface area contributed by atoms with Crippen LogP contribution in [0.5, 0.6) is 0 Å². The van der Waals surface area contributed by atoms with Crippen molar-refractivity contribution in [2.75, 3.05) is 11.4 Å². The summed E-state index contributed by atoms with van der Waals surface area (Å²) < 4.78 is 9.44. The van der Waals surface area contributed by atoms with E-state index in [9.17, 15) is 4.79 Å². The van der Waals surface area contributed by atoms with Crippen molar-refractivity contribution in [3.8, 4) is 0 Å². The highest BCUT2D eigenvalue weighted by atomic mass is 16.6. The summed E-state index contributed by atoms with van der Waals surface area (Å²) in [5.74, 6) is -0.245. The highest BCUT2D eigenvalue weighted by molar-refractivity contribution is 5.98. The van der Waals surface area contributed by atoms with Crippen molar-refractivity contribution in [2.45, 2.75) is 129 Å². The van der Waals surface area contributed by atoms with E-state index in [-0.39, 0.29) is 17.9 Å². The van der Waals surface area contributed by atoms with E-state index in [0.717, 1.165) is 25.1 Å². The Morgan fingerprint density at radius 2 is 1.33 bits per heavy atom. The van der Waals surface area contributed by atoms with E-state index in [1.807, 2.05) is 12.1 Å². The molecular weight excluding hydrogens is 564 g/mol. The fraction of sp³-hybridized carbons (Fsp3) is 0.500. The van der Waals surface area contributed by atoms with Crippen LogP contribution in [-0.4, -0.2) is 23.1 Å². The summed E-state index contributed by atoms with van der Waals surface area (Å²) in [6.45, 7) is 11.2. The first-order valence-electron chi connectivity index (χ1n) is 18.3. The molecule has 0 aliphatic carbocycles. The Hall–Kier alpha value is -3.53. The Morgan fingerprint density at radius 3 is 2.09 bits per heavy atom. The lowest BCUT2D eigenvalue weighted by Crippen LogP contribution is -2.44. The number of esters is 1. The number of unbranched alkanes of at least 4 members (excludes halogenated alkanes) is 10. The van der Waals surface area contributed by atoms with Crippen molar-refractivity contribution in [1.29, 1.82) is 0 Å². The van der Waals surface area contributed by atoms with Crippen molar-refractivity contribution in [3.63, 3.8) is 0 Å². The molecule has 0 radical (unpaired) electrons. The summed E-state index contributed by atoms with van der Waals surface area (Å²) in [4.78, 5) is 16.5. The maximum absolute atomic E-state index is 13.9. The lowest BCUT2D eigenvalue weighted by molar-refractivity contribution is -0.00325. The first-order chi connectivity index (χ1) is 22.5. The molecule has 0 fully saturated rings. The van der Waals surface area contributed by atoms with Crippen LogP contribution in [-0.2, 0) is 16.9 Å². The molecular formula is C42H54N2O2. The lowest BCUT2D eigenvalue weighted by atomic mass is 9.70. The first-order valence-corrected chi connectivity index (χ1v) is 18.3. The Morgan fingerprint density at radius 1 is 0.717 bits per heavy atom. The number of carbonyl (C=O) groups is 1. The third kappa shape index (κ3) is 5.78. The number of fused-ring (bicyclic) bond motifs is 3. The summed E-state index contributed by atoms with van der Waals surface area (Å²) in [5, 5.41) is 1.20. The highest BCUT2D eigenvalue weighted by Gasteiger charge is 2.59. The second-order valence-electron chi connectivity index (χ2n) is 13.8. The van der Waals surface area contributed by atoms with Crippen molar-refractivity contribution >= 4 is 22.6 Å². The maximum atomic E-state index is 13.9. The molecule has 4 aromatic rings. The van der Waals surface area contributed by atoms with Crippen molar-refractivity contribution in [3.05, 3.63) is 101 Å². The van der Waals surface area contributed by atoms with Gasteiger partial charge < -0.3 is 14.2 Å². The third-order valence-corrected chi connectivity index (χ3v) is 10.9. The number of nitrogens with zero attached hydrogens (tertiary/aromatic N) is 2. The normalized spacial score (nSPS) is 20.3. The molecule has 3 aromatic carbocycles. The van der Waals surface area contributed by atoms with E-state index in [1.165, 1.54) is 104 Å². The predicted octanol–water partition coefficient (Wildman–Crippen LogP) is 11.1. The van der Waals surface area contributed by atoms with Gasteiger partial charge in [-0.3, -0.25) is 0 Å². The molecule has 3 unspecified atom stereocenters. The number of ether oxygens (including phenoxy) is 1. The smallest absolute Gasteiger partial charge is 0.339 e. The number of aromatic nitrogens is 1. The van der Waals surface area contributed by atoms with Gasteiger partial charge in [0.1, 0.15) is 0 Å². The Balaban J connectivity index is 1.45. The molecule has 0 spiro atoms. The zero-order chi connectivity index (χ0) is 32.1. The number of rotatable bonds is 16. The fourth-order valence-corrected chi connectivity index (χ4v) is 8.67. The van der Waals surface area contributed by atoms with Crippen molar-refractivity contribution < 1.29 is 9.53 Å². The van der Waals surface area contributed by atoms with Crippen LogP contribution in [0.4, 0.5) is 5.69 Å². The van der Waals surface area contributed by atoms with Crippen LogP contribution in [0.3, 0.4) is 0 Å². The van der Waals surface area contributed by atoms with Gasteiger partial charge in [-0.05, 0) is 50.5 Å². The zero-order valence-corrected chi connectivity index (χ0v) is 28.7. The predicted molar refractivity (Wildman–Crippen MR) is 192 cm³/mol. The van der Waals surface area contributed by atoms with Gasteiger partial charge in [0.2, 0.25) is 0 Å². The molecule has 46 heavy (non-hydrogen) atoms. The molecule has 3 atom stereocenters. The summed E-state index contributed by atoms with van der Waals surface area (Å²) in [5.41, 5.74) is 7.01. The average Bonchev–Trinajstić information content (AvgIpc) is 3.64. The fourth-order valence-electron chi connectivity index (χ4n) is 8.67. The first kappa shape index (κ1) is 32.4. The molecule has 0 saturated carbocycles. The number of hydrogen-bond acceptors (Lipinski definition) is 3. The van der Waals surface area contributed by atoms with Gasteiger partial charge in [0, 0.05) is 52.5 Å². The van der Waals surface area contributed by atoms with E-state index < -0.39 is 5.60 Å². The monoisotopic (exact) mass is 618 g/mol. The minimum absolute atomic E-state index is 0.0385. The number of cyclic esters (lactones) is 1. The van der Waals surface area contributed by atoms with Gasteiger partial charge in [-0.1, -0.05) is 133 Å². The molecule has 3 heterocycles. The molecule has 244 valence electrons. The van der Waals surface area contributed by atoms with Crippen molar-refractivity contribution in [1.82, 2.24) is 4.57 Å². The molecule has 2 aliphatic heterocycles. The van der Waals surface area contributed by atoms with Crippen molar-refractivity contribution in [2.24, 2.45) is 0 Å². The van der Waals surface area contributed by atoms with Crippen LogP contribution >= 0.6 is 0 Å². The van der Waals surface area contributed by atoms with Crippen LogP contribution in [0.2, 0.25) is 0 Å². The molecule has 4 heteroatoms. The Kier molecular flexibility index (Phi) is 10.2. The third-order valence-electron chi connectivity index (χ3n) is 10.9. The summed E-state index contributed by atoms with van der Waals surface area (Å²) in [7, 11) is 0. The SMILES string of the molecule is CCCCCCCCN1c2ccccc2C(C2(c3c(C)n(CCCCCCCC)c4ccccc34)OC(=O)c3ccccc32)C1C. The molecule has 6 rings (SSSR count). The quantitative estimate of drug-likeness (QED) is 0.0925. The largest absolute Gasteiger partial charge is 0.445 e. The highest BCUT2D eigenvalue weighted by Crippen LogP contribution is 2.59. The Bertz CT molecular complexity index is 1640. The Labute approximate surface area is 277 Å². The molecule has 0 N–H and O–H groups in total. The van der Waals surface area contributed by atoms with Gasteiger partial charge in [0.15, 0.2) is 5.60 Å². The molecule has 0 amide bonds. The summed E-state index contributed by atoms with van der Waals surface area (Å²) >= 11 is 0. The van der Waals surface area contributed by atoms with Crippen LogP contribution in [0, 0.1) is 6.92 Å². The van der Waals surface area contributed by atoms with E-state index in [2.05, 4.69) is 97.8 Å².